The Labute approximate surface area is 204 Å². The molecule has 0 atom stereocenters. The predicted molar refractivity (Wildman–Crippen MR) is 128 cm³/mol. The Morgan fingerprint density at radius 2 is 1.59 bits per heavy atom. The summed E-state index contributed by atoms with van der Waals surface area (Å²) in [6.07, 6.45) is 1.39. The van der Waals surface area contributed by atoms with Crippen molar-refractivity contribution < 1.29 is 24.6 Å². The van der Waals surface area contributed by atoms with E-state index in [1.165, 1.54) is 30.3 Å². The summed E-state index contributed by atoms with van der Waals surface area (Å²) in [6, 6.07) is 11.9. The molecule has 0 aliphatic heterocycles. The molecule has 0 bridgehead atoms. The van der Waals surface area contributed by atoms with Crippen LogP contribution in [0.2, 0.25) is 10.0 Å². The molecule has 1 aromatic heterocycles. The van der Waals surface area contributed by atoms with E-state index in [0.717, 1.165) is 6.07 Å². The van der Waals surface area contributed by atoms with Crippen LogP contribution in [0, 0.1) is 25.2 Å². The number of carboxylic acid groups (broad SMARTS) is 2. The normalized spacial score (nSPS) is 11.1. The number of nitrogens with one attached hydrogen (secondary N) is 1. The molecule has 1 amide bonds. The fourth-order valence-corrected chi connectivity index (χ4v) is 3.69. The van der Waals surface area contributed by atoms with Crippen LogP contribution < -0.4 is 5.32 Å². The van der Waals surface area contributed by atoms with E-state index in [9.17, 15) is 29.9 Å². The first-order valence-corrected chi connectivity index (χ1v) is 10.5. The zero-order valence-electron chi connectivity index (χ0n) is 17.9. The molecule has 1 heterocycles. The summed E-state index contributed by atoms with van der Waals surface area (Å²) >= 11 is 11.8. The Balaban J connectivity index is 2.02. The van der Waals surface area contributed by atoms with Crippen LogP contribution in [0.1, 0.15) is 37.7 Å². The Bertz CT molecular complexity index is 1380. The van der Waals surface area contributed by atoms with Crippen LogP contribution in [0.3, 0.4) is 0 Å². The Kier molecular flexibility index (Phi) is 7.11. The van der Waals surface area contributed by atoms with E-state index in [2.05, 4.69) is 5.32 Å². The van der Waals surface area contributed by atoms with Crippen molar-refractivity contribution in [1.29, 1.82) is 5.26 Å². The van der Waals surface area contributed by atoms with Crippen molar-refractivity contribution in [2.24, 2.45) is 0 Å². The van der Waals surface area contributed by atoms with Gasteiger partial charge in [0.1, 0.15) is 11.6 Å². The molecular weight excluding hydrogens is 481 g/mol. The number of aromatic nitrogens is 1. The number of carbonyl (C=O) groups is 3. The molecule has 172 valence electrons. The Morgan fingerprint density at radius 1 is 0.971 bits per heavy atom. The number of anilines is 1. The first kappa shape index (κ1) is 24.6. The van der Waals surface area contributed by atoms with Crippen LogP contribution in [-0.4, -0.2) is 32.6 Å². The second-order valence-electron chi connectivity index (χ2n) is 7.29. The van der Waals surface area contributed by atoms with Crippen molar-refractivity contribution in [3.05, 3.63) is 86.2 Å². The number of aromatic carboxylic acids is 2. The second-order valence-corrected chi connectivity index (χ2v) is 8.11. The molecule has 0 saturated carbocycles. The van der Waals surface area contributed by atoms with E-state index >= 15 is 0 Å². The molecule has 3 N–H and O–H groups in total. The summed E-state index contributed by atoms with van der Waals surface area (Å²) in [5.41, 5.74) is 1.88. The van der Waals surface area contributed by atoms with Crippen LogP contribution in [0.25, 0.3) is 11.8 Å². The van der Waals surface area contributed by atoms with E-state index in [-0.39, 0.29) is 21.7 Å². The van der Waals surface area contributed by atoms with E-state index in [1.807, 2.05) is 6.07 Å². The van der Waals surface area contributed by atoms with Crippen LogP contribution in [0.4, 0.5) is 5.69 Å². The minimum Gasteiger partial charge on any atom is -0.478 e. The van der Waals surface area contributed by atoms with Crippen molar-refractivity contribution in [2.75, 3.05) is 5.32 Å². The lowest BCUT2D eigenvalue weighted by molar-refractivity contribution is -0.112. The molecule has 3 aromatic rings. The lowest BCUT2D eigenvalue weighted by Gasteiger charge is -2.12. The first-order valence-electron chi connectivity index (χ1n) is 9.71. The lowest BCUT2D eigenvalue weighted by atomic mass is 10.1. The predicted octanol–water partition coefficient (Wildman–Crippen LogP) is 5.34. The molecular formula is C24H17Cl2N3O5. The molecule has 0 aliphatic carbocycles. The first-order chi connectivity index (χ1) is 16.0. The van der Waals surface area contributed by atoms with E-state index in [1.54, 1.807) is 30.5 Å². The van der Waals surface area contributed by atoms with Gasteiger partial charge in [-0.3, -0.25) is 4.79 Å². The number of carboxylic acids is 2. The smallest absolute Gasteiger partial charge is 0.335 e. The van der Waals surface area contributed by atoms with Gasteiger partial charge in [-0.05, 0) is 68.0 Å². The van der Waals surface area contributed by atoms with Gasteiger partial charge in [0.25, 0.3) is 5.91 Å². The van der Waals surface area contributed by atoms with E-state index < -0.39 is 17.8 Å². The minimum atomic E-state index is -1.27. The van der Waals surface area contributed by atoms with Gasteiger partial charge in [-0.1, -0.05) is 23.2 Å². The van der Waals surface area contributed by atoms with Gasteiger partial charge in [-0.2, -0.15) is 5.26 Å². The van der Waals surface area contributed by atoms with Crippen LogP contribution in [0.15, 0.2) is 48.0 Å². The molecule has 3 rings (SSSR count). The zero-order valence-corrected chi connectivity index (χ0v) is 19.4. The third-order valence-corrected chi connectivity index (χ3v) is 5.72. The van der Waals surface area contributed by atoms with Gasteiger partial charge in [-0.25, -0.2) is 9.59 Å². The Morgan fingerprint density at radius 3 is 2.12 bits per heavy atom. The van der Waals surface area contributed by atoms with Crippen molar-refractivity contribution in [3.63, 3.8) is 0 Å². The summed E-state index contributed by atoms with van der Waals surface area (Å²) in [6.45, 7) is 3.44. The van der Waals surface area contributed by atoms with Gasteiger partial charge >= 0.3 is 11.9 Å². The maximum absolute atomic E-state index is 12.6. The van der Waals surface area contributed by atoms with Crippen molar-refractivity contribution in [1.82, 2.24) is 4.57 Å². The number of rotatable bonds is 6. The lowest BCUT2D eigenvalue weighted by Crippen LogP contribution is -2.13. The summed E-state index contributed by atoms with van der Waals surface area (Å²) in [5.74, 6) is -3.19. The SMILES string of the molecule is Cc1cc(/C=C(/C#N)C(=O)Nc2ccc(Cl)c(Cl)c2)c(C)n1-c1cc(C(=O)O)cc(C(=O)O)c1. The largest absolute Gasteiger partial charge is 0.478 e. The van der Waals surface area contributed by atoms with Gasteiger partial charge in [-0.15, -0.1) is 0 Å². The zero-order chi connectivity index (χ0) is 25.2. The molecule has 0 spiro atoms. The number of nitriles is 1. The van der Waals surface area contributed by atoms with Gasteiger partial charge in [0.15, 0.2) is 0 Å². The van der Waals surface area contributed by atoms with Gasteiger partial charge in [0, 0.05) is 22.8 Å². The molecule has 0 radical (unpaired) electrons. The average Bonchev–Trinajstić information content (AvgIpc) is 3.06. The summed E-state index contributed by atoms with van der Waals surface area (Å²) in [5, 5.41) is 31.4. The number of hydrogen-bond donors (Lipinski definition) is 3. The van der Waals surface area contributed by atoms with Gasteiger partial charge in [0.05, 0.1) is 21.2 Å². The molecule has 0 unspecified atom stereocenters. The maximum atomic E-state index is 12.6. The monoisotopic (exact) mass is 497 g/mol. The highest BCUT2D eigenvalue weighted by Crippen LogP contribution is 2.27. The Hall–Kier alpha value is -4.06. The summed E-state index contributed by atoms with van der Waals surface area (Å²) in [7, 11) is 0. The maximum Gasteiger partial charge on any atom is 0.335 e. The van der Waals surface area contributed by atoms with Crippen molar-refractivity contribution >= 4 is 52.8 Å². The van der Waals surface area contributed by atoms with Crippen LogP contribution in [0.5, 0.6) is 0 Å². The highest BCUT2D eigenvalue weighted by atomic mass is 35.5. The minimum absolute atomic E-state index is 0.182. The fraction of sp³-hybridized carbons (Fsp3) is 0.0833. The molecule has 0 saturated heterocycles. The van der Waals surface area contributed by atoms with Crippen molar-refractivity contribution in [2.45, 2.75) is 13.8 Å². The summed E-state index contributed by atoms with van der Waals surface area (Å²) < 4.78 is 1.65. The van der Waals surface area contributed by atoms with Gasteiger partial charge in [0.2, 0.25) is 0 Å². The average molecular weight is 498 g/mol. The third kappa shape index (κ3) is 5.12. The topological polar surface area (TPSA) is 132 Å². The molecule has 10 heteroatoms. The van der Waals surface area contributed by atoms with E-state index in [4.69, 9.17) is 23.2 Å². The van der Waals surface area contributed by atoms with Gasteiger partial charge < -0.3 is 20.1 Å². The molecule has 34 heavy (non-hydrogen) atoms. The number of nitrogens with zero attached hydrogens (tertiary/aromatic N) is 2. The summed E-state index contributed by atoms with van der Waals surface area (Å²) in [4.78, 5) is 35.6. The standard InChI is InChI=1S/C24H17Cl2N3O5/c1-12-5-14(6-17(11-27)22(30)28-18-3-4-20(25)21(26)10-18)13(2)29(12)19-8-15(23(31)32)7-16(9-19)24(33)34/h3-10H,1-2H3,(H,28,30)(H,31,32)(H,33,34)/b17-6-. The van der Waals surface area contributed by atoms with E-state index in [0.29, 0.717) is 33.3 Å². The number of hydrogen-bond acceptors (Lipinski definition) is 4. The molecule has 0 fully saturated rings. The molecule has 2 aromatic carbocycles. The number of carbonyl (C=O) groups excluding carboxylic acids is 1. The third-order valence-electron chi connectivity index (χ3n) is 4.98. The van der Waals surface area contributed by atoms with Crippen LogP contribution >= 0.6 is 23.2 Å². The number of benzene rings is 2. The molecule has 0 aliphatic rings. The van der Waals surface area contributed by atoms with Crippen LogP contribution in [-0.2, 0) is 4.79 Å². The van der Waals surface area contributed by atoms with Crippen molar-refractivity contribution in [3.8, 4) is 11.8 Å². The number of halogens is 2. The highest BCUT2D eigenvalue weighted by Gasteiger charge is 2.17. The fourth-order valence-electron chi connectivity index (χ4n) is 3.39. The quantitative estimate of drug-likeness (QED) is 0.310. The number of aryl methyl sites for hydroxylation is 1. The molecule has 8 nitrogen and oxygen atoms in total. The number of amides is 1. The highest BCUT2D eigenvalue weighted by molar-refractivity contribution is 6.42. The second kappa shape index (κ2) is 9.83.